The molecule has 4 rings (SSSR count). The largest absolute Gasteiger partial charge is 0.497 e. The summed E-state index contributed by atoms with van der Waals surface area (Å²) in [6.45, 7) is 0.159. The maximum Gasteiger partial charge on any atom is 0.309 e. The number of H-pyrrole nitrogens is 1. The number of carbonyl (C=O) groups is 2. The van der Waals surface area contributed by atoms with Crippen LogP contribution in [-0.4, -0.2) is 37.1 Å². The normalized spacial score (nSPS) is 15.0. The number of esters is 1. The Morgan fingerprint density at radius 3 is 2.58 bits per heavy atom. The van der Waals surface area contributed by atoms with Gasteiger partial charge in [0, 0.05) is 29.6 Å². The van der Waals surface area contributed by atoms with E-state index in [0.717, 1.165) is 53.5 Å². The number of fused-ring (bicyclic) bond motifs is 1. The van der Waals surface area contributed by atoms with E-state index in [1.54, 1.807) is 7.11 Å². The standard InChI is InChI=1S/C25H28N2O4/c1-30-19-12-10-17(11-13-19)21(22-15-26-23-9-5-4-8-20(22)23)14-27-24(28)16-31-25(29)18-6-2-3-7-18/h4-5,8-13,15,18,21,26H,2-3,6-7,14,16H2,1H3,(H,27,28)/t21-/m1/s1. The minimum absolute atomic E-state index is 0.0499. The van der Waals surface area contributed by atoms with Crippen LogP contribution >= 0.6 is 0 Å². The first-order chi connectivity index (χ1) is 15.2. The summed E-state index contributed by atoms with van der Waals surface area (Å²) in [5.74, 6) is 0.132. The number of aromatic amines is 1. The summed E-state index contributed by atoms with van der Waals surface area (Å²) >= 11 is 0. The second-order valence-corrected chi connectivity index (χ2v) is 8.01. The van der Waals surface area contributed by atoms with E-state index in [0.29, 0.717) is 6.54 Å². The van der Waals surface area contributed by atoms with Crippen molar-refractivity contribution in [3.63, 3.8) is 0 Å². The summed E-state index contributed by atoms with van der Waals surface area (Å²) in [4.78, 5) is 27.8. The first kappa shape index (κ1) is 21.0. The summed E-state index contributed by atoms with van der Waals surface area (Å²) in [6.07, 6.45) is 5.83. The van der Waals surface area contributed by atoms with Gasteiger partial charge < -0.3 is 19.8 Å². The van der Waals surface area contributed by atoms with Crippen molar-refractivity contribution < 1.29 is 19.1 Å². The van der Waals surface area contributed by atoms with Crippen LogP contribution in [-0.2, 0) is 14.3 Å². The first-order valence-corrected chi connectivity index (χ1v) is 10.8. The van der Waals surface area contributed by atoms with Crippen LogP contribution < -0.4 is 10.1 Å². The molecule has 0 unspecified atom stereocenters. The molecule has 6 heteroatoms. The molecule has 31 heavy (non-hydrogen) atoms. The number of methoxy groups -OCH3 is 1. The van der Waals surface area contributed by atoms with Gasteiger partial charge in [0.15, 0.2) is 6.61 Å². The third-order valence-corrected chi connectivity index (χ3v) is 6.05. The molecule has 1 aliphatic carbocycles. The molecule has 1 saturated carbocycles. The Kier molecular flexibility index (Phi) is 6.55. The number of para-hydroxylation sites is 1. The van der Waals surface area contributed by atoms with Gasteiger partial charge >= 0.3 is 5.97 Å². The molecule has 2 aromatic carbocycles. The number of hydrogen-bond donors (Lipinski definition) is 2. The van der Waals surface area contributed by atoms with E-state index in [-0.39, 0.29) is 30.3 Å². The molecule has 0 bridgehead atoms. The van der Waals surface area contributed by atoms with Crippen molar-refractivity contribution in [1.82, 2.24) is 10.3 Å². The van der Waals surface area contributed by atoms with Crippen LogP contribution in [0.5, 0.6) is 5.75 Å². The lowest BCUT2D eigenvalue weighted by Crippen LogP contribution is -2.33. The smallest absolute Gasteiger partial charge is 0.309 e. The van der Waals surface area contributed by atoms with Crippen molar-refractivity contribution in [3.05, 3.63) is 65.9 Å². The fourth-order valence-corrected chi connectivity index (χ4v) is 4.31. The molecule has 1 heterocycles. The molecule has 0 aliphatic heterocycles. The van der Waals surface area contributed by atoms with Crippen LogP contribution in [0.25, 0.3) is 10.9 Å². The van der Waals surface area contributed by atoms with Gasteiger partial charge in [-0.2, -0.15) is 0 Å². The van der Waals surface area contributed by atoms with Gasteiger partial charge in [0.1, 0.15) is 5.75 Å². The zero-order valence-electron chi connectivity index (χ0n) is 17.7. The van der Waals surface area contributed by atoms with E-state index in [1.165, 1.54) is 0 Å². The minimum atomic E-state index is -0.287. The maximum atomic E-state index is 12.4. The third-order valence-electron chi connectivity index (χ3n) is 6.05. The lowest BCUT2D eigenvalue weighted by Gasteiger charge is -2.19. The molecule has 0 saturated heterocycles. The van der Waals surface area contributed by atoms with Crippen molar-refractivity contribution in [2.45, 2.75) is 31.6 Å². The zero-order valence-corrected chi connectivity index (χ0v) is 17.7. The highest BCUT2D eigenvalue weighted by Crippen LogP contribution is 2.31. The van der Waals surface area contributed by atoms with Gasteiger partial charge in [-0.25, -0.2) is 0 Å². The molecule has 0 spiro atoms. The number of carbonyl (C=O) groups excluding carboxylic acids is 2. The molecule has 162 valence electrons. The topological polar surface area (TPSA) is 80.4 Å². The number of nitrogens with one attached hydrogen (secondary N) is 2. The van der Waals surface area contributed by atoms with Crippen molar-refractivity contribution >= 4 is 22.8 Å². The Bertz CT molecular complexity index is 1040. The van der Waals surface area contributed by atoms with Gasteiger partial charge in [-0.05, 0) is 42.2 Å². The predicted octanol–water partition coefficient (Wildman–Crippen LogP) is 4.16. The van der Waals surface area contributed by atoms with E-state index in [9.17, 15) is 9.59 Å². The van der Waals surface area contributed by atoms with Gasteiger partial charge in [-0.3, -0.25) is 9.59 Å². The van der Waals surface area contributed by atoms with Crippen LogP contribution in [0.3, 0.4) is 0 Å². The second-order valence-electron chi connectivity index (χ2n) is 8.01. The van der Waals surface area contributed by atoms with E-state index in [4.69, 9.17) is 9.47 Å². The monoisotopic (exact) mass is 420 g/mol. The fraction of sp³-hybridized carbons (Fsp3) is 0.360. The highest BCUT2D eigenvalue weighted by Gasteiger charge is 2.25. The Labute approximate surface area is 181 Å². The number of benzene rings is 2. The Morgan fingerprint density at radius 2 is 1.84 bits per heavy atom. The number of rotatable bonds is 8. The van der Waals surface area contributed by atoms with Gasteiger partial charge in [0.2, 0.25) is 0 Å². The molecular formula is C25H28N2O4. The molecule has 2 N–H and O–H groups in total. The summed E-state index contributed by atoms with van der Waals surface area (Å²) in [7, 11) is 1.64. The van der Waals surface area contributed by atoms with Crippen molar-refractivity contribution in [3.8, 4) is 5.75 Å². The maximum absolute atomic E-state index is 12.4. The average Bonchev–Trinajstić information content (AvgIpc) is 3.49. The number of amides is 1. The summed E-state index contributed by atoms with van der Waals surface area (Å²) in [5, 5.41) is 4.06. The van der Waals surface area contributed by atoms with Crippen molar-refractivity contribution in [2.24, 2.45) is 5.92 Å². The molecule has 3 aromatic rings. The second kappa shape index (κ2) is 9.69. The summed E-state index contributed by atoms with van der Waals surface area (Å²) in [5.41, 5.74) is 3.21. The Balaban J connectivity index is 1.46. The van der Waals surface area contributed by atoms with Crippen LogP contribution in [0.2, 0.25) is 0 Å². The van der Waals surface area contributed by atoms with E-state index in [1.807, 2.05) is 48.7 Å². The van der Waals surface area contributed by atoms with E-state index < -0.39 is 0 Å². The molecular weight excluding hydrogens is 392 g/mol. The fourth-order valence-electron chi connectivity index (χ4n) is 4.31. The lowest BCUT2D eigenvalue weighted by atomic mass is 9.91. The van der Waals surface area contributed by atoms with Crippen LogP contribution in [0.4, 0.5) is 0 Å². The first-order valence-electron chi connectivity index (χ1n) is 10.8. The Hall–Kier alpha value is -3.28. The summed E-state index contributed by atoms with van der Waals surface area (Å²) in [6, 6.07) is 16.0. The van der Waals surface area contributed by atoms with Crippen LogP contribution in [0.1, 0.15) is 42.7 Å². The minimum Gasteiger partial charge on any atom is -0.497 e. The highest BCUT2D eigenvalue weighted by molar-refractivity contribution is 5.85. The third kappa shape index (κ3) is 4.90. The molecule has 1 amide bonds. The predicted molar refractivity (Wildman–Crippen MR) is 119 cm³/mol. The Morgan fingerprint density at radius 1 is 1.10 bits per heavy atom. The van der Waals surface area contributed by atoms with Crippen LogP contribution in [0.15, 0.2) is 54.7 Å². The van der Waals surface area contributed by atoms with Crippen molar-refractivity contribution in [2.75, 3.05) is 20.3 Å². The van der Waals surface area contributed by atoms with Crippen molar-refractivity contribution in [1.29, 1.82) is 0 Å². The number of aromatic nitrogens is 1. The molecule has 1 atom stereocenters. The summed E-state index contributed by atoms with van der Waals surface area (Å²) < 4.78 is 10.5. The SMILES string of the molecule is COc1ccc([C@@H](CNC(=O)COC(=O)C2CCCC2)c2c[nH]c3ccccc23)cc1. The van der Waals surface area contributed by atoms with E-state index >= 15 is 0 Å². The lowest BCUT2D eigenvalue weighted by molar-refractivity contribution is -0.152. The van der Waals surface area contributed by atoms with Gasteiger partial charge in [-0.1, -0.05) is 43.2 Å². The number of ether oxygens (including phenoxy) is 2. The van der Waals surface area contributed by atoms with Crippen LogP contribution in [0, 0.1) is 5.92 Å². The molecule has 6 nitrogen and oxygen atoms in total. The molecule has 1 aromatic heterocycles. The van der Waals surface area contributed by atoms with Gasteiger partial charge in [0.05, 0.1) is 13.0 Å². The van der Waals surface area contributed by atoms with E-state index in [2.05, 4.69) is 16.4 Å². The highest BCUT2D eigenvalue weighted by atomic mass is 16.5. The zero-order chi connectivity index (χ0) is 21.6. The van der Waals surface area contributed by atoms with Gasteiger partial charge in [-0.15, -0.1) is 0 Å². The average molecular weight is 421 g/mol. The quantitative estimate of drug-likeness (QED) is 0.536. The molecule has 0 radical (unpaired) electrons. The molecule has 1 fully saturated rings. The van der Waals surface area contributed by atoms with Gasteiger partial charge in [0.25, 0.3) is 5.91 Å². The number of hydrogen-bond acceptors (Lipinski definition) is 4. The molecule has 1 aliphatic rings.